The zero-order valence-corrected chi connectivity index (χ0v) is 20.5. The molecule has 0 aliphatic rings. The molecule has 4 nitrogen and oxygen atoms in total. The fraction of sp³-hybridized carbons (Fsp3) is 0.462. The van der Waals surface area contributed by atoms with Crippen molar-refractivity contribution in [2.45, 2.75) is 78.1 Å². The average molecular weight is 461 g/mol. The second kappa shape index (κ2) is 13.5. The van der Waals surface area contributed by atoms with Crippen molar-refractivity contribution in [2.75, 3.05) is 0 Å². The summed E-state index contributed by atoms with van der Waals surface area (Å²) in [7, 11) is 0. The number of rotatable bonds is 10. The van der Waals surface area contributed by atoms with Crippen molar-refractivity contribution in [2.24, 2.45) is 0 Å². The predicted octanol–water partition coefficient (Wildman–Crippen LogP) is 5.74. The molecule has 0 aliphatic heterocycles. The van der Waals surface area contributed by atoms with E-state index in [1.165, 1.54) is 41.9 Å². The van der Waals surface area contributed by atoms with E-state index in [9.17, 15) is 21.0 Å². The van der Waals surface area contributed by atoms with Gasteiger partial charge in [0.2, 0.25) is 0 Å². The molecule has 0 saturated carbocycles. The van der Waals surface area contributed by atoms with E-state index in [1.807, 2.05) is 18.2 Å². The lowest BCUT2D eigenvalue weighted by atomic mass is 10.1. The van der Waals surface area contributed by atoms with Crippen LogP contribution < -0.4 is 9.06 Å². The lowest BCUT2D eigenvalue weighted by Crippen LogP contribution is -2.05. The SMILES string of the molecule is CCCCCCc1c/c(=c2\sc(=C(C#N)C#N)cc2CCCCCC)sc1=C(C#N)C#N. The molecule has 164 valence electrons. The van der Waals surface area contributed by atoms with Crippen molar-refractivity contribution < 1.29 is 0 Å². The minimum Gasteiger partial charge on any atom is -0.192 e. The summed E-state index contributed by atoms with van der Waals surface area (Å²) in [5.41, 5.74) is 2.49. The van der Waals surface area contributed by atoms with E-state index in [4.69, 9.17) is 0 Å². The van der Waals surface area contributed by atoms with E-state index in [2.05, 4.69) is 32.1 Å². The Bertz CT molecular complexity index is 1270. The van der Waals surface area contributed by atoms with Gasteiger partial charge < -0.3 is 0 Å². The first-order chi connectivity index (χ1) is 15.6. The molecule has 2 heterocycles. The summed E-state index contributed by atoms with van der Waals surface area (Å²) in [6.45, 7) is 4.36. The predicted molar refractivity (Wildman–Crippen MR) is 131 cm³/mol. The highest BCUT2D eigenvalue weighted by Gasteiger charge is 2.09. The Morgan fingerprint density at radius 1 is 0.688 bits per heavy atom. The minimum atomic E-state index is 0.133. The van der Waals surface area contributed by atoms with Crippen molar-refractivity contribution in [1.29, 1.82) is 21.0 Å². The van der Waals surface area contributed by atoms with Crippen molar-refractivity contribution >= 4 is 33.8 Å². The second-order valence-corrected chi connectivity index (χ2v) is 9.85. The van der Waals surface area contributed by atoms with Gasteiger partial charge in [-0.2, -0.15) is 21.0 Å². The Hall–Kier alpha value is -2.90. The lowest BCUT2D eigenvalue weighted by Gasteiger charge is -1.98. The van der Waals surface area contributed by atoms with Gasteiger partial charge in [0, 0.05) is 9.06 Å². The maximum atomic E-state index is 9.48. The van der Waals surface area contributed by atoms with Gasteiger partial charge in [0.25, 0.3) is 0 Å². The summed E-state index contributed by atoms with van der Waals surface area (Å²) in [5.74, 6) is 0. The van der Waals surface area contributed by atoms with Crippen LogP contribution >= 0.6 is 22.7 Å². The summed E-state index contributed by atoms with van der Waals surface area (Å²) < 4.78 is 3.53. The molecule has 0 radical (unpaired) electrons. The Kier molecular flexibility index (Phi) is 10.7. The molecule has 0 aliphatic carbocycles. The first kappa shape index (κ1) is 25.4. The first-order valence-electron chi connectivity index (χ1n) is 11.2. The maximum Gasteiger partial charge on any atom is 0.147 e. The van der Waals surface area contributed by atoms with Crippen LogP contribution in [0.5, 0.6) is 0 Å². The van der Waals surface area contributed by atoms with Gasteiger partial charge in [-0.05, 0) is 48.9 Å². The van der Waals surface area contributed by atoms with Crippen molar-refractivity contribution in [3.63, 3.8) is 0 Å². The third kappa shape index (κ3) is 6.55. The van der Waals surface area contributed by atoms with Gasteiger partial charge in [-0.25, -0.2) is 0 Å². The zero-order chi connectivity index (χ0) is 23.3. The smallest absolute Gasteiger partial charge is 0.147 e. The molecule has 2 aromatic heterocycles. The van der Waals surface area contributed by atoms with Gasteiger partial charge in [0.15, 0.2) is 0 Å². The third-order valence-electron chi connectivity index (χ3n) is 5.36. The highest BCUT2D eigenvalue weighted by atomic mass is 32.1. The van der Waals surface area contributed by atoms with E-state index in [0.29, 0.717) is 4.53 Å². The van der Waals surface area contributed by atoms with E-state index in [1.54, 1.807) is 0 Å². The number of unbranched alkanes of at least 4 members (excludes halogenated alkanes) is 6. The molecule has 0 atom stereocenters. The molecule has 32 heavy (non-hydrogen) atoms. The molecule has 0 fully saturated rings. The Balaban J connectivity index is 2.74. The van der Waals surface area contributed by atoms with Crippen LogP contribution in [0.25, 0.3) is 11.1 Å². The average Bonchev–Trinajstić information content (AvgIpc) is 3.41. The van der Waals surface area contributed by atoms with Gasteiger partial charge in [-0.15, -0.1) is 22.7 Å². The quantitative estimate of drug-likeness (QED) is 0.422. The van der Waals surface area contributed by atoms with E-state index in [-0.39, 0.29) is 11.1 Å². The fourth-order valence-electron chi connectivity index (χ4n) is 3.63. The van der Waals surface area contributed by atoms with Crippen LogP contribution in [0.4, 0.5) is 0 Å². The zero-order valence-electron chi connectivity index (χ0n) is 18.8. The molecular formula is C26H28N4S2. The van der Waals surface area contributed by atoms with Gasteiger partial charge in [0.1, 0.15) is 35.4 Å². The number of aryl methyl sites for hydroxylation is 2. The number of nitriles is 4. The summed E-state index contributed by atoms with van der Waals surface area (Å²) in [6, 6.07) is 12.2. The number of thiophene rings is 2. The Morgan fingerprint density at radius 2 is 1.25 bits per heavy atom. The van der Waals surface area contributed by atoms with Crippen LogP contribution in [-0.2, 0) is 12.8 Å². The standard InChI is InChI=1S/C26H28N4S2/c1-3-5-7-9-11-19-14-24(32-25(19)22(17-29)18-30)26-20(12-10-8-6-4-2)13-23(31-26)21(15-27)16-28/h13-14H,3-12H2,1-2H3/b26-24+. The van der Waals surface area contributed by atoms with Gasteiger partial charge >= 0.3 is 0 Å². The fourth-order valence-corrected chi connectivity index (χ4v) is 6.08. The third-order valence-corrected chi connectivity index (χ3v) is 7.93. The molecule has 0 amide bonds. The van der Waals surface area contributed by atoms with Crippen LogP contribution in [0.15, 0.2) is 12.1 Å². The van der Waals surface area contributed by atoms with Gasteiger partial charge in [0.05, 0.1) is 9.06 Å². The van der Waals surface area contributed by atoms with Crippen LogP contribution in [0.1, 0.15) is 76.3 Å². The largest absolute Gasteiger partial charge is 0.192 e. The van der Waals surface area contributed by atoms with Crippen molar-refractivity contribution in [3.05, 3.63) is 41.4 Å². The van der Waals surface area contributed by atoms with Crippen LogP contribution in [0.3, 0.4) is 0 Å². The molecule has 0 saturated heterocycles. The molecule has 0 spiro atoms. The van der Waals surface area contributed by atoms with E-state index >= 15 is 0 Å². The molecule has 0 N–H and O–H groups in total. The Labute approximate surface area is 198 Å². The van der Waals surface area contributed by atoms with E-state index < -0.39 is 0 Å². The highest BCUT2D eigenvalue weighted by molar-refractivity contribution is 7.11. The highest BCUT2D eigenvalue weighted by Crippen LogP contribution is 2.18. The minimum absolute atomic E-state index is 0.133. The molecule has 6 heteroatoms. The molecule has 0 aromatic carbocycles. The summed E-state index contributed by atoms with van der Waals surface area (Å²) >= 11 is 2.95. The Morgan fingerprint density at radius 3 is 1.78 bits per heavy atom. The lowest BCUT2D eigenvalue weighted by molar-refractivity contribution is 0.666. The monoisotopic (exact) mass is 460 g/mol. The van der Waals surface area contributed by atoms with Crippen LogP contribution in [0, 0.1) is 54.4 Å². The van der Waals surface area contributed by atoms with Gasteiger partial charge in [-0.1, -0.05) is 52.4 Å². The number of hydrogen-bond acceptors (Lipinski definition) is 6. The maximum absolute atomic E-state index is 9.48. The topological polar surface area (TPSA) is 95.2 Å². The van der Waals surface area contributed by atoms with Crippen molar-refractivity contribution in [3.8, 4) is 24.3 Å². The summed E-state index contributed by atoms with van der Waals surface area (Å²) in [5, 5.41) is 37.7. The summed E-state index contributed by atoms with van der Waals surface area (Å²) in [4.78, 5) is 0. The molecule has 0 bridgehead atoms. The number of hydrogen-bond donors (Lipinski definition) is 0. The molecule has 2 aromatic rings. The van der Waals surface area contributed by atoms with Crippen LogP contribution in [-0.4, -0.2) is 0 Å². The van der Waals surface area contributed by atoms with Crippen LogP contribution in [0.2, 0.25) is 0 Å². The van der Waals surface area contributed by atoms with Crippen molar-refractivity contribution in [1.82, 2.24) is 0 Å². The second-order valence-electron chi connectivity index (χ2n) is 7.75. The molecular weight excluding hydrogens is 432 g/mol. The number of nitrogens with zero attached hydrogens (tertiary/aromatic N) is 4. The first-order valence-corrected chi connectivity index (χ1v) is 12.9. The van der Waals surface area contributed by atoms with Gasteiger partial charge in [-0.3, -0.25) is 0 Å². The summed E-state index contributed by atoms with van der Waals surface area (Å²) in [6.07, 6.45) is 10.8. The normalized spacial score (nSPS) is 11.2. The van der Waals surface area contributed by atoms with E-state index in [0.717, 1.165) is 69.7 Å². The molecule has 0 unspecified atom stereocenters. The molecule has 2 rings (SSSR count).